The maximum absolute atomic E-state index is 13.4. The van der Waals surface area contributed by atoms with Gasteiger partial charge in [-0.05, 0) is 18.6 Å². The maximum atomic E-state index is 13.4. The number of nitrogens with zero attached hydrogens (tertiary/aromatic N) is 5. The van der Waals surface area contributed by atoms with Crippen molar-refractivity contribution in [1.29, 1.82) is 0 Å². The van der Waals surface area contributed by atoms with E-state index in [1.807, 2.05) is 17.0 Å². The molecule has 0 aliphatic carbocycles. The molecule has 0 saturated carbocycles. The number of H-pyrrole nitrogens is 1. The van der Waals surface area contributed by atoms with Gasteiger partial charge in [0.2, 0.25) is 0 Å². The average Bonchev–Trinajstić information content (AvgIpc) is 3.43. The van der Waals surface area contributed by atoms with Crippen LogP contribution in [0.2, 0.25) is 0 Å². The van der Waals surface area contributed by atoms with Crippen molar-refractivity contribution in [2.45, 2.75) is 19.0 Å². The number of halogens is 1. The molecular formula is C18H17FN6OS. The third kappa shape index (κ3) is 2.87. The van der Waals surface area contributed by atoms with Crippen LogP contribution in [0, 0.1) is 0 Å². The predicted molar refractivity (Wildman–Crippen MR) is 101 cm³/mol. The monoisotopic (exact) mass is 384 g/mol. The largest absolute Gasteiger partial charge is 0.354 e. The van der Waals surface area contributed by atoms with Crippen molar-refractivity contribution in [2.75, 3.05) is 29.4 Å². The van der Waals surface area contributed by atoms with Crippen LogP contribution in [0.4, 0.5) is 15.9 Å². The maximum Gasteiger partial charge on any atom is 0.270 e. The fourth-order valence-electron chi connectivity index (χ4n) is 3.52. The zero-order chi connectivity index (χ0) is 18.4. The molecule has 1 unspecified atom stereocenters. The van der Waals surface area contributed by atoms with Gasteiger partial charge in [-0.3, -0.25) is 9.89 Å². The smallest absolute Gasteiger partial charge is 0.270 e. The zero-order valence-electron chi connectivity index (χ0n) is 14.4. The van der Waals surface area contributed by atoms with Gasteiger partial charge in [0.05, 0.1) is 24.1 Å². The molecule has 27 heavy (non-hydrogen) atoms. The van der Waals surface area contributed by atoms with E-state index in [-0.39, 0.29) is 5.91 Å². The number of hydrogen-bond donors (Lipinski definition) is 1. The lowest BCUT2D eigenvalue weighted by Gasteiger charge is -2.24. The lowest BCUT2D eigenvalue weighted by Crippen LogP contribution is -2.36. The lowest BCUT2D eigenvalue weighted by molar-refractivity contribution is 0.0984. The van der Waals surface area contributed by atoms with Gasteiger partial charge in [-0.15, -0.1) is 11.3 Å². The fourth-order valence-corrected chi connectivity index (χ4v) is 4.57. The summed E-state index contributed by atoms with van der Waals surface area (Å²) >= 11 is 1.39. The molecule has 7 nitrogen and oxygen atoms in total. The van der Waals surface area contributed by atoms with Gasteiger partial charge in [0, 0.05) is 37.5 Å². The van der Waals surface area contributed by atoms with E-state index in [2.05, 4.69) is 20.2 Å². The van der Waals surface area contributed by atoms with Crippen LogP contribution in [0.25, 0.3) is 10.6 Å². The molecule has 1 saturated heterocycles. The number of rotatable bonds is 3. The number of aromatic nitrogens is 4. The van der Waals surface area contributed by atoms with Gasteiger partial charge in [0.25, 0.3) is 5.91 Å². The van der Waals surface area contributed by atoms with Gasteiger partial charge < -0.3 is 9.80 Å². The van der Waals surface area contributed by atoms with Gasteiger partial charge in [0.1, 0.15) is 21.9 Å². The topological polar surface area (TPSA) is 78.0 Å². The molecule has 9 heteroatoms. The number of fused-ring (bicyclic) bond motifs is 1. The van der Waals surface area contributed by atoms with Gasteiger partial charge >= 0.3 is 0 Å². The predicted octanol–water partition coefficient (Wildman–Crippen LogP) is 2.68. The average molecular weight is 384 g/mol. The Morgan fingerprint density at radius 1 is 1.26 bits per heavy atom. The van der Waals surface area contributed by atoms with E-state index >= 15 is 0 Å². The third-order valence-corrected chi connectivity index (χ3v) is 6.09. The highest BCUT2D eigenvalue weighted by molar-refractivity contribution is 7.17. The van der Waals surface area contributed by atoms with Crippen LogP contribution in [-0.2, 0) is 6.42 Å². The van der Waals surface area contributed by atoms with Crippen molar-refractivity contribution in [2.24, 2.45) is 0 Å². The minimum atomic E-state index is -0.777. The Morgan fingerprint density at radius 3 is 2.89 bits per heavy atom. The Labute approximate surface area is 158 Å². The summed E-state index contributed by atoms with van der Waals surface area (Å²) in [4.78, 5) is 26.3. The molecule has 5 rings (SSSR count). The number of carbonyl (C=O) groups excluding carboxylic acids is 1. The van der Waals surface area contributed by atoms with Crippen molar-refractivity contribution in [1.82, 2.24) is 20.2 Å². The standard InChI is InChI=1S/C18H17FN6OS/c19-12-3-5-24(10-12)15-2-1-11(7-20-15)17-23-14-4-6-25(13-8-21-22-9-13)18(26)16(14)27-17/h1-2,7-9,12H,3-6,10H2,(H,21,22). The second kappa shape index (κ2) is 6.41. The summed E-state index contributed by atoms with van der Waals surface area (Å²) in [6.45, 7) is 1.68. The highest BCUT2D eigenvalue weighted by atomic mass is 32.1. The summed E-state index contributed by atoms with van der Waals surface area (Å²) in [6, 6.07) is 3.84. The van der Waals surface area contributed by atoms with Crippen LogP contribution in [0.3, 0.4) is 0 Å². The van der Waals surface area contributed by atoms with Crippen molar-refractivity contribution < 1.29 is 9.18 Å². The molecule has 138 valence electrons. The molecule has 1 atom stereocenters. The van der Waals surface area contributed by atoms with Crippen LogP contribution in [0.15, 0.2) is 30.7 Å². The summed E-state index contributed by atoms with van der Waals surface area (Å²) in [6.07, 6.45) is 5.60. The molecule has 0 radical (unpaired) electrons. The first-order valence-electron chi connectivity index (χ1n) is 8.85. The van der Waals surface area contributed by atoms with Crippen LogP contribution in [0.5, 0.6) is 0 Å². The quantitative estimate of drug-likeness (QED) is 0.751. The van der Waals surface area contributed by atoms with Crippen molar-refractivity contribution in [3.8, 4) is 10.6 Å². The fraction of sp³-hybridized carbons (Fsp3) is 0.333. The van der Waals surface area contributed by atoms with Gasteiger partial charge in [0.15, 0.2) is 0 Å². The number of thiazole rings is 1. The van der Waals surface area contributed by atoms with Crippen LogP contribution < -0.4 is 9.80 Å². The molecule has 5 heterocycles. The number of pyridine rings is 1. The minimum absolute atomic E-state index is 0.0444. The highest BCUT2D eigenvalue weighted by Gasteiger charge is 2.30. The van der Waals surface area contributed by atoms with Crippen LogP contribution in [-0.4, -0.2) is 51.9 Å². The number of nitrogens with one attached hydrogen (secondary N) is 1. The summed E-state index contributed by atoms with van der Waals surface area (Å²) in [5.74, 6) is 0.736. The molecule has 2 aliphatic rings. The zero-order valence-corrected chi connectivity index (χ0v) is 15.2. The van der Waals surface area contributed by atoms with E-state index < -0.39 is 6.17 Å². The normalized spacial score (nSPS) is 19.6. The van der Waals surface area contributed by atoms with E-state index in [9.17, 15) is 9.18 Å². The molecule has 3 aromatic rings. The Morgan fingerprint density at radius 2 is 2.19 bits per heavy atom. The minimum Gasteiger partial charge on any atom is -0.354 e. The number of aromatic amines is 1. The Bertz CT molecular complexity index is 970. The SMILES string of the molecule is O=C1c2sc(-c3ccc(N4CCC(F)C4)nc3)nc2CCN1c1cn[nH]c1. The molecule has 0 spiro atoms. The van der Waals surface area contributed by atoms with Crippen molar-refractivity contribution in [3.05, 3.63) is 41.3 Å². The molecule has 1 fully saturated rings. The molecule has 3 aromatic heterocycles. The molecular weight excluding hydrogens is 367 g/mol. The number of carbonyl (C=O) groups is 1. The molecule has 2 aliphatic heterocycles. The van der Waals surface area contributed by atoms with E-state index in [1.54, 1.807) is 23.5 Å². The Kier molecular flexibility index (Phi) is 3.89. The number of anilines is 2. The van der Waals surface area contributed by atoms with E-state index in [4.69, 9.17) is 0 Å². The van der Waals surface area contributed by atoms with Crippen molar-refractivity contribution >= 4 is 28.7 Å². The molecule has 1 N–H and O–H groups in total. The van der Waals surface area contributed by atoms with Crippen LogP contribution in [0.1, 0.15) is 21.8 Å². The van der Waals surface area contributed by atoms with Gasteiger partial charge in [-0.1, -0.05) is 0 Å². The first kappa shape index (κ1) is 16.4. The first-order chi connectivity index (χ1) is 13.2. The molecule has 1 amide bonds. The van der Waals surface area contributed by atoms with E-state index in [0.717, 1.165) is 27.8 Å². The lowest BCUT2D eigenvalue weighted by atomic mass is 10.1. The summed E-state index contributed by atoms with van der Waals surface area (Å²) < 4.78 is 13.4. The third-order valence-electron chi connectivity index (χ3n) is 4.95. The Hall–Kier alpha value is -2.81. The van der Waals surface area contributed by atoms with E-state index in [0.29, 0.717) is 37.4 Å². The summed E-state index contributed by atoms with van der Waals surface area (Å²) in [5.41, 5.74) is 2.48. The summed E-state index contributed by atoms with van der Waals surface area (Å²) in [5, 5.41) is 7.44. The first-order valence-corrected chi connectivity index (χ1v) is 9.66. The summed E-state index contributed by atoms with van der Waals surface area (Å²) in [7, 11) is 0. The highest BCUT2D eigenvalue weighted by Crippen LogP contribution is 2.33. The van der Waals surface area contributed by atoms with Gasteiger partial charge in [-0.25, -0.2) is 14.4 Å². The van der Waals surface area contributed by atoms with E-state index in [1.165, 1.54) is 11.3 Å². The second-order valence-corrected chi connectivity index (χ2v) is 7.69. The van der Waals surface area contributed by atoms with Crippen molar-refractivity contribution in [3.63, 3.8) is 0 Å². The van der Waals surface area contributed by atoms with Gasteiger partial charge in [-0.2, -0.15) is 5.10 Å². The Balaban J connectivity index is 1.40. The number of amides is 1. The second-order valence-electron chi connectivity index (χ2n) is 6.70. The van der Waals surface area contributed by atoms with Crippen LogP contribution >= 0.6 is 11.3 Å². The number of hydrogen-bond acceptors (Lipinski definition) is 6. The molecule has 0 aromatic carbocycles. The number of alkyl halides is 1. The molecule has 0 bridgehead atoms.